The third kappa shape index (κ3) is 3.10. The third-order valence-electron chi connectivity index (χ3n) is 5.72. The minimum absolute atomic E-state index is 0.0281. The van der Waals surface area contributed by atoms with Crippen LogP contribution in [0.5, 0.6) is 0 Å². The van der Waals surface area contributed by atoms with E-state index in [1.54, 1.807) is 37.3 Å². The maximum Gasteiger partial charge on any atom is 0.294 e. The van der Waals surface area contributed by atoms with Gasteiger partial charge in [-0.3, -0.25) is 14.5 Å². The maximum atomic E-state index is 13.6. The molecule has 1 aromatic heterocycles. The molecule has 1 unspecified atom stereocenters. The highest BCUT2D eigenvalue weighted by atomic mass is 35.5. The second kappa shape index (κ2) is 7.70. The first-order chi connectivity index (χ1) is 15.5. The smallest absolute Gasteiger partial charge is 0.294 e. The van der Waals surface area contributed by atoms with Crippen molar-refractivity contribution in [2.24, 2.45) is 0 Å². The van der Waals surface area contributed by atoms with E-state index in [0.29, 0.717) is 27.4 Å². The summed E-state index contributed by atoms with van der Waals surface area (Å²) in [6.45, 7) is 1.79. The van der Waals surface area contributed by atoms with Crippen molar-refractivity contribution >= 4 is 39.9 Å². The highest BCUT2D eigenvalue weighted by Gasteiger charge is 2.45. The Kier molecular flexibility index (Phi) is 4.83. The van der Waals surface area contributed by atoms with Crippen molar-refractivity contribution in [2.45, 2.75) is 13.0 Å². The Bertz CT molecular complexity index is 1370. The molecule has 0 fully saturated rings. The van der Waals surface area contributed by atoms with E-state index in [1.807, 2.05) is 48.5 Å². The van der Waals surface area contributed by atoms with Crippen LogP contribution in [0.3, 0.4) is 0 Å². The van der Waals surface area contributed by atoms with Gasteiger partial charge in [0.1, 0.15) is 5.58 Å². The molecule has 32 heavy (non-hydrogen) atoms. The van der Waals surface area contributed by atoms with Crippen molar-refractivity contribution in [1.82, 2.24) is 0 Å². The van der Waals surface area contributed by atoms with E-state index in [-0.39, 0.29) is 11.3 Å². The molecular formula is C26H18ClNO4. The molecule has 5 rings (SSSR count). The van der Waals surface area contributed by atoms with Gasteiger partial charge in [-0.1, -0.05) is 66.2 Å². The number of carbonyl (C=O) groups excluding carboxylic acids is 2. The summed E-state index contributed by atoms with van der Waals surface area (Å²) in [5.41, 5.74) is 2.41. The van der Waals surface area contributed by atoms with Gasteiger partial charge in [-0.05, 0) is 42.3 Å². The largest absolute Gasteiger partial charge is 0.503 e. The second-order valence-electron chi connectivity index (χ2n) is 7.61. The van der Waals surface area contributed by atoms with Crippen molar-refractivity contribution in [2.75, 3.05) is 4.90 Å². The van der Waals surface area contributed by atoms with Crippen LogP contribution < -0.4 is 4.90 Å². The number of hydrogen-bond acceptors (Lipinski definition) is 4. The number of fused-ring (bicyclic) bond motifs is 1. The number of furan rings is 1. The number of anilines is 1. The normalized spacial score (nSPS) is 16.2. The van der Waals surface area contributed by atoms with Gasteiger partial charge in [-0.2, -0.15) is 0 Å². The summed E-state index contributed by atoms with van der Waals surface area (Å²) in [4.78, 5) is 28.3. The van der Waals surface area contributed by atoms with E-state index in [0.717, 1.165) is 5.39 Å². The molecule has 1 aliphatic rings. The van der Waals surface area contributed by atoms with Gasteiger partial charge < -0.3 is 9.52 Å². The van der Waals surface area contributed by atoms with Gasteiger partial charge in [0.05, 0.1) is 11.6 Å². The van der Waals surface area contributed by atoms with E-state index in [4.69, 9.17) is 16.0 Å². The SMILES string of the molecule is Cc1c(Cl)cccc1N1C(=O)C(O)=C(C(=O)c2cc3ccccc3o2)C1c1ccccc1. The number of nitrogens with zero attached hydrogens (tertiary/aromatic N) is 1. The monoisotopic (exact) mass is 443 g/mol. The summed E-state index contributed by atoms with van der Waals surface area (Å²) in [6.07, 6.45) is 0. The Morgan fingerprint density at radius 1 is 1.00 bits per heavy atom. The Hall–Kier alpha value is -3.83. The molecule has 0 spiro atoms. The lowest BCUT2D eigenvalue weighted by atomic mass is 9.94. The topological polar surface area (TPSA) is 70.8 Å². The second-order valence-corrected chi connectivity index (χ2v) is 8.02. The Labute approximate surface area is 189 Å². The molecular weight excluding hydrogens is 426 g/mol. The van der Waals surface area contributed by atoms with Crippen LogP contribution in [0.15, 0.2) is 94.6 Å². The van der Waals surface area contributed by atoms with E-state index >= 15 is 0 Å². The van der Waals surface area contributed by atoms with Crippen LogP contribution in [0.2, 0.25) is 5.02 Å². The zero-order chi connectivity index (χ0) is 22.4. The minimum atomic E-state index is -0.832. The van der Waals surface area contributed by atoms with E-state index in [2.05, 4.69) is 0 Å². The predicted octanol–water partition coefficient (Wildman–Crippen LogP) is 6.18. The molecule has 1 aliphatic heterocycles. The number of aliphatic hydroxyl groups is 1. The molecule has 3 aromatic carbocycles. The molecule has 1 amide bonds. The summed E-state index contributed by atoms with van der Waals surface area (Å²) in [5.74, 6) is -1.73. The fraction of sp³-hybridized carbons (Fsp3) is 0.0769. The van der Waals surface area contributed by atoms with Crippen molar-refractivity contribution in [3.8, 4) is 0 Å². The summed E-state index contributed by atoms with van der Waals surface area (Å²) >= 11 is 6.31. The molecule has 2 heterocycles. The first-order valence-corrected chi connectivity index (χ1v) is 10.4. The van der Waals surface area contributed by atoms with Crippen molar-refractivity contribution in [3.05, 3.63) is 112 Å². The van der Waals surface area contributed by atoms with E-state index in [9.17, 15) is 14.7 Å². The summed E-state index contributed by atoms with van der Waals surface area (Å²) in [6, 6.07) is 22.4. The highest BCUT2D eigenvalue weighted by Crippen LogP contribution is 2.44. The predicted molar refractivity (Wildman–Crippen MR) is 123 cm³/mol. The first kappa shape index (κ1) is 20.1. The Balaban J connectivity index is 1.69. The quantitative estimate of drug-likeness (QED) is 0.382. The number of Topliss-reactive ketones (excluding diaryl/α,β-unsaturated/α-hetero) is 1. The van der Waals surface area contributed by atoms with Gasteiger partial charge in [0.2, 0.25) is 5.78 Å². The zero-order valence-electron chi connectivity index (χ0n) is 17.1. The molecule has 0 aliphatic carbocycles. The van der Waals surface area contributed by atoms with Gasteiger partial charge in [0.25, 0.3) is 5.91 Å². The fourth-order valence-electron chi connectivity index (χ4n) is 4.12. The summed E-state index contributed by atoms with van der Waals surface area (Å²) in [5, 5.41) is 12.1. The number of amides is 1. The maximum absolute atomic E-state index is 13.6. The molecule has 158 valence electrons. The number of hydrogen-bond donors (Lipinski definition) is 1. The van der Waals surface area contributed by atoms with Crippen LogP contribution in [0, 0.1) is 6.92 Å². The minimum Gasteiger partial charge on any atom is -0.503 e. The molecule has 6 heteroatoms. The van der Waals surface area contributed by atoms with Crippen LogP contribution in [0.1, 0.15) is 27.7 Å². The molecule has 0 bridgehead atoms. The fourth-order valence-corrected chi connectivity index (χ4v) is 4.29. The number of para-hydroxylation sites is 1. The van der Waals surface area contributed by atoms with Gasteiger partial charge in [-0.15, -0.1) is 0 Å². The van der Waals surface area contributed by atoms with Crippen LogP contribution in [-0.2, 0) is 4.79 Å². The first-order valence-electron chi connectivity index (χ1n) is 10.1. The lowest BCUT2D eigenvalue weighted by Crippen LogP contribution is -2.31. The lowest BCUT2D eigenvalue weighted by Gasteiger charge is -2.28. The van der Waals surface area contributed by atoms with E-state index < -0.39 is 23.5 Å². The number of rotatable bonds is 4. The number of halogens is 1. The number of aliphatic hydroxyl groups excluding tert-OH is 1. The molecule has 0 saturated heterocycles. The standard InChI is InChI=1S/C26H18ClNO4/c1-15-18(27)11-7-12-19(15)28-23(16-8-3-2-4-9-16)22(25(30)26(28)31)24(29)21-14-17-10-5-6-13-20(17)32-21/h2-14,23,30H,1H3. The molecule has 1 N–H and O–H groups in total. The molecule has 0 radical (unpaired) electrons. The van der Waals surface area contributed by atoms with Crippen molar-refractivity contribution in [1.29, 1.82) is 0 Å². The highest BCUT2D eigenvalue weighted by molar-refractivity contribution is 6.32. The van der Waals surface area contributed by atoms with E-state index in [1.165, 1.54) is 4.90 Å². The van der Waals surface area contributed by atoms with Gasteiger partial charge >= 0.3 is 0 Å². The molecule has 5 nitrogen and oxygen atoms in total. The number of benzene rings is 3. The van der Waals surface area contributed by atoms with Crippen LogP contribution in [0.25, 0.3) is 11.0 Å². The molecule has 0 saturated carbocycles. The van der Waals surface area contributed by atoms with Crippen molar-refractivity contribution in [3.63, 3.8) is 0 Å². The van der Waals surface area contributed by atoms with Crippen LogP contribution in [0.4, 0.5) is 5.69 Å². The van der Waals surface area contributed by atoms with Gasteiger partial charge in [0, 0.05) is 16.1 Å². The average Bonchev–Trinajstić information content (AvgIpc) is 3.35. The summed E-state index contributed by atoms with van der Waals surface area (Å²) < 4.78 is 5.75. The average molecular weight is 444 g/mol. The molecule has 4 aromatic rings. The Morgan fingerprint density at radius 3 is 2.47 bits per heavy atom. The number of carbonyl (C=O) groups is 2. The molecule has 1 atom stereocenters. The van der Waals surface area contributed by atoms with Crippen molar-refractivity contribution < 1.29 is 19.1 Å². The Morgan fingerprint density at radius 2 is 1.72 bits per heavy atom. The lowest BCUT2D eigenvalue weighted by molar-refractivity contribution is -0.117. The van der Waals surface area contributed by atoms with Gasteiger partial charge in [0.15, 0.2) is 11.5 Å². The number of ketones is 1. The van der Waals surface area contributed by atoms with Gasteiger partial charge in [-0.25, -0.2) is 0 Å². The van der Waals surface area contributed by atoms with Crippen LogP contribution >= 0.6 is 11.6 Å². The zero-order valence-corrected chi connectivity index (χ0v) is 17.8. The van der Waals surface area contributed by atoms with Crippen LogP contribution in [-0.4, -0.2) is 16.8 Å². The summed E-state index contributed by atoms with van der Waals surface area (Å²) in [7, 11) is 0. The third-order valence-corrected chi connectivity index (χ3v) is 6.13.